The average Bonchev–Trinajstić information content (AvgIpc) is 3.47. The maximum Gasteiger partial charge on any atom is 0.284 e. The van der Waals surface area contributed by atoms with Gasteiger partial charge in [0, 0.05) is 12.7 Å². The predicted octanol–water partition coefficient (Wildman–Crippen LogP) is 1.98. The molecule has 1 aliphatic carbocycles. The van der Waals surface area contributed by atoms with Gasteiger partial charge in [0.05, 0.1) is 6.54 Å². The Bertz CT molecular complexity index is 978. The first-order chi connectivity index (χ1) is 12.2. The van der Waals surface area contributed by atoms with E-state index in [4.69, 9.17) is 0 Å². The van der Waals surface area contributed by atoms with Gasteiger partial charge in [-0.25, -0.2) is 9.97 Å². The third-order valence-electron chi connectivity index (χ3n) is 4.35. The lowest BCUT2D eigenvalue weighted by Gasteiger charge is -2.11. The summed E-state index contributed by atoms with van der Waals surface area (Å²) in [7, 11) is 0. The summed E-state index contributed by atoms with van der Waals surface area (Å²) in [6.07, 6.45) is 3.89. The molecular formula is C19H18N4O2. The minimum atomic E-state index is -0.414. The van der Waals surface area contributed by atoms with Gasteiger partial charge in [-0.15, -0.1) is 0 Å². The Hall–Kier alpha value is -3.02. The van der Waals surface area contributed by atoms with Crippen molar-refractivity contribution < 1.29 is 4.79 Å². The highest BCUT2D eigenvalue weighted by atomic mass is 16.2. The number of fused-ring (bicyclic) bond motifs is 1. The summed E-state index contributed by atoms with van der Waals surface area (Å²) in [5.74, 6) is 0.127. The Labute approximate surface area is 144 Å². The third kappa shape index (κ3) is 3.28. The smallest absolute Gasteiger partial charge is 0.284 e. The number of hydrogen-bond donors (Lipinski definition) is 1. The van der Waals surface area contributed by atoms with E-state index in [-0.39, 0.29) is 5.69 Å². The van der Waals surface area contributed by atoms with Gasteiger partial charge in [0.2, 0.25) is 0 Å². The van der Waals surface area contributed by atoms with Gasteiger partial charge in [-0.2, -0.15) is 0 Å². The number of hydrogen-bond acceptors (Lipinski definition) is 4. The van der Waals surface area contributed by atoms with E-state index in [0.717, 1.165) is 18.4 Å². The van der Waals surface area contributed by atoms with Crippen molar-refractivity contribution in [3.05, 3.63) is 70.3 Å². The molecule has 1 fully saturated rings. The van der Waals surface area contributed by atoms with Crippen LogP contribution in [0.4, 0.5) is 0 Å². The van der Waals surface area contributed by atoms with Crippen molar-refractivity contribution in [1.82, 2.24) is 19.9 Å². The van der Waals surface area contributed by atoms with E-state index in [0.29, 0.717) is 30.2 Å². The lowest BCUT2D eigenvalue weighted by Crippen LogP contribution is -2.36. The number of nitrogens with one attached hydrogen (secondary N) is 1. The zero-order valence-electron chi connectivity index (χ0n) is 13.7. The molecule has 0 bridgehead atoms. The third-order valence-corrected chi connectivity index (χ3v) is 4.35. The van der Waals surface area contributed by atoms with E-state index in [1.54, 1.807) is 18.3 Å². The van der Waals surface area contributed by atoms with Crippen LogP contribution in [0, 0.1) is 5.92 Å². The molecule has 126 valence electrons. The predicted molar refractivity (Wildman–Crippen MR) is 94.4 cm³/mol. The normalized spacial score (nSPS) is 13.8. The van der Waals surface area contributed by atoms with Crippen molar-refractivity contribution in [1.29, 1.82) is 0 Å². The SMILES string of the molecule is O=C(NCC1CC1)c1nc2cccnc2n(Cc2ccccc2)c1=O. The second kappa shape index (κ2) is 6.47. The molecule has 2 heterocycles. The first kappa shape index (κ1) is 15.5. The molecule has 2 aromatic heterocycles. The van der Waals surface area contributed by atoms with Crippen molar-refractivity contribution in [2.75, 3.05) is 6.54 Å². The molecular weight excluding hydrogens is 316 g/mol. The number of nitrogens with zero attached hydrogens (tertiary/aromatic N) is 3. The second-order valence-electron chi connectivity index (χ2n) is 6.34. The number of rotatable bonds is 5. The van der Waals surface area contributed by atoms with Crippen LogP contribution in [0.1, 0.15) is 28.9 Å². The standard InChI is InChI=1S/C19H18N4O2/c24-18(21-11-13-8-9-13)16-19(25)23(12-14-5-2-1-3-6-14)17-15(22-16)7-4-10-20-17/h1-7,10,13H,8-9,11-12H2,(H,21,24). The molecule has 0 atom stereocenters. The van der Waals surface area contributed by atoms with Crippen molar-refractivity contribution in [2.45, 2.75) is 19.4 Å². The minimum Gasteiger partial charge on any atom is -0.350 e. The fraction of sp³-hybridized carbons (Fsp3) is 0.263. The first-order valence-corrected chi connectivity index (χ1v) is 8.40. The Morgan fingerprint density at radius 2 is 1.96 bits per heavy atom. The fourth-order valence-electron chi connectivity index (χ4n) is 2.78. The Kier molecular flexibility index (Phi) is 4.01. The number of aromatic nitrogens is 3. The average molecular weight is 334 g/mol. The number of amides is 1. The molecule has 4 rings (SSSR count). The topological polar surface area (TPSA) is 76.9 Å². The molecule has 1 amide bonds. The highest BCUT2D eigenvalue weighted by Gasteiger charge is 2.24. The summed E-state index contributed by atoms with van der Waals surface area (Å²) >= 11 is 0. The van der Waals surface area contributed by atoms with Gasteiger partial charge in [-0.1, -0.05) is 30.3 Å². The van der Waals surface area contributed by atoms with Crippen LogP contribution in [0.2, 0.25) is 0 Å². The quantitative estimate of drug-likeness (QED) is 0.774. The van der Waals surface area contributed by atoms with Gasteiger partial charge in [0.25, 0.3) is 11.5 Å². The van der Waals surface area contributed by atoms with Gasteiger partial charge in [0.15, 0.2) is 11.3 Å². The fourth-order valence-corrected chi connectivity index (χ4v) is 2.78. The minimum absolute atomic E-state index is 0.0721. The molecule has 25 heavy (non-hydrogen) atoms. The summed E-state index contributed by atoms with van der Waals surface area (Å²) < 4.78 is 1.52. The maximum absolute atomic E-state index is 12.9. The molecule has 0 radical (unpaired) electrons. The molecule has 1 aliphatic rings. The van der Waals surface area contributed by atoms with Crippen molar-refractivity contribution in [3.8, 4) is 0 Å². The molecule has 3 aromatic rings. The molecule has 0 saturated heterocycles. The highest BCUT2D eigenvalue weighted by Crippen LogP contribution is 2.27. The van der Waals surface area contributed by atoms with Crippen LogP contribution < -0.4 is 10.9 Å². The lowest BCUT2D eigenvalue weighted by molar-refractivity contribution is 0.0945. The van der Waals surface area contributed by atoms with E-state index in [1.165, 1.54) is 4.57 Å². The lowest BCUT2D eigenvalue weighted by atomic mass is 10.2. The summed E-state index contributed by atoms with van der Waals surface area (Å²) in [4.78, 5) is 33.9. The Morgan fingerprint density at radius 3 is 2.72 bits per heavy atom. The molecule has 1 N–H and O–H groups in total. The van der Waals surface area contributed by atoms with E-state index in [9.17, 15) is 9.59 Å². The molecule has 6 heteroatoms. The van der Waals surface area contributed by atoms with Crippen LogP contribution in [0.3, 0.4) is 0 Å². The van der Waals surface area contributed by atoms with Crippen LogP contribution >= 0.6 is 0 Å². The Balaban J connectivity index is 1.77. The molecule has 0 spiro atoms. The largest absolute Gasteiger partial charge is 0.350 e. The van der Waals surface area contributed by atoms with Crippen LogP contribution in [-0.4, -0.2) is 27.0 Å². The van der Waals surface area contributed by atoms with E-state index in [2.05, 4.69) is 15.3 Å². The summed E-state index contributed by atoms with van der Waals surface area (Å²) in [6.45, 7) is 0.947. The van der Waals surface area contributed by atoms with Crippen molar-refractivity contribution >= 4 is 17.1 Å². The van der Waals surface area contributed by atoms with Crippen LogP contribution in [-0.2, 0) is 6.54 Å². The molecule has 0 unspecified atom stereocenters. The summed E-state index contributed by atoms with van der Waals surface area (Å²) in [6, 6.07) is 13.1. The number of carbonyl (C=O) groups excluding carboxylic acids is 1. The zero-order chi connectivity index (χ0) is 17.2. The monoisotopic (exact) mass is 334 g/mol. The van der Waals surface area contributed by atoms with Gasteiger partial charge in [-0.3, -0.25) is 14.2 Å². The summed E-state index contributed by atoms with van der Waals surface area (Å²) in [5.41, 5.74) is 1.50. The molecule has 1 aromatic carbocycles. The van der Waals surface area contributed by atoms with Crippen molar-refractivity contribution in [3.63, 3.8) is 0 Å². The van der Waals surface area contributed by atoms with Crippen LogP contribution in [0.5, 0.6) is 0 Å². The van der Waals surface area contributed by atoms with Gasteiger partial charge in [0.1, 0.15) is 5.52 Å². The second-order valence-corrected chi connectivity index (χ2v) is 6.34. The van der Waals surface area contributed by atoms with Gasteiger partial charge in [-0.05, 0) is 36.5 Å². The number of benzene rings is 1. The van der Waals surface area contributed by atoms with E-state index >= 15 is 0 Å². The van der Waals surface area contributed by atoms with E-state index in [1.807, 2.05) is 30.3 Å². The van der Waals surface area contributed by atoms with Crippen LogP contribution in [0.25, 0.3) is 11.2 Å². The highest BCUT2D eigenvalue weighted by molar-refractivity contribution is 5.93. The van der Waals surface area contributed by atoms with Crippen molar-refractivity contribution in [2.24, 2.45) is 5.92 Å². The first-order valence-electron chi connectivity index (χ1n) is 8.40. The van der Waals surface area contributed by atoms with Gasteiger partial charge < -0.3 is 5.32 Å². The Morgan fingerprint density at radius 1 is 1.16 bits per heavy atom. The molecule has 0 aliphatic heterocycles. The molecule has 6 nitrogen and oxygen atoms in total. The van der Waals surface area contributed by atoms with E-state index < -0.39 is 11.5 Å². The van der Waals surface area contributed by atoms with Gasteiger partial charge >= 0.3 is 0 Å². The molecule has 1 saturated carbocycles. The number of carbonyl (C=O) groups is 1. The summed E-state index contributed by atoms with van der Waals surface area (Å²) in [5, 5.41) is 2.82. The zero-order valence-corrected chi connectivity index (χ0v) is 13.7. The maximum atomic E-state index is 12.9. The van der Waals surface area contributed by atoms with Crippen LogP contribution in [0.15, 0.2) is 53.5 Å². The number of pyridine rings is 1.